The molecule has 3 rings (SSSR count). The average molecular weight is 687 g/mol. The second kappa shape index (κ2) is 18.6. The molecule has 286 valence electrons. The molecule has 0 aromatic heterocycles. The van der Waals surface area contributed by atoms with E-state index in [0.29, 0.717) is 89.1 Å². The van der Waals surface area contributed by atoms with Crippen molar-refractivity contribution in [1.82, 2.24) is 0 Å². The highest BCUT2D eigenvalue weighted by Crippen LogP contribution is 2.49. The van der Waals surface area contributed by atoms with Crippen molar-refractivity contribution in [1.29, 1.82) is 0 Å². The highest BCUT2D eigenvalue weighted by atomic mass is 16.5. The van der Waals surface area contributed by atoms with E-state index in [0.717, 1.165) is 19.3 Å². The molecule has 0 saturated heterocycles. The summed E-state index contributed by atoms with van der Waals surface area (Å²) in [5, 5.41) is 0. The van der Waals surface area contributed by atoms with Crippen molar-refractivity contribution in [2.75, 3.05) is 13.2 Å². The molecule has 3 saturated carbocycles. The minimum Gasteiger partial charge on any atom is -0.465 e. The fraction of sp³-hybridized carbons (Fsp3) is 0.956. The topological polar surface area (TPSA) is 52.6 Å². The average Bonchev–Trinajstić information content (AvgIpc) is 3.02. The summed E-state index contributed by atoms with van der Waals surface area (Å²) in [4.78, 5) is 27.7. The molecule has 3 aliphatic carbocycles. The van der Waals surface area contributed by atoms with Crippen LogP contribution in [0.5, 0.6) is 0 Å². The molecule has 0 amide bonds. The highest BCUT2D eigenvalue weighted by Gasteiger charge is 2.45. The van der Waals surface area contributed by atoms with Crippen molar-refractivity contribution in [3.05, 3.63) is 0 Å². The molecule has 0 N–H and O–H groups in total. The Balaban J connectivity index is 1.63. The van der Waals surface area contributed by atoms with Gasteiger partial charge in [-0.3, -0.25) is 9.59 Å². The van der Waals surface area contributed by atoms with Gasteiger partial charge in [0.05, 0.1) is 25.0 Å². The van der Waals surface area contributed by atoms with Crippen LogP contribution in [0.2, 0.25) is 0 Å². The largest absolute Gasteiger partial charge is 0.465 e. The zero-order chi connectivity index (χ0) is 36.7. The standard InChI is InChI=1S/C45H82O4/c1-14-16-20-44(10,11)25-38-30(4)23-32(6)40(34(38)8)27-48-42(46)36-19-18-29(3)22-37(36)43(47)49-28-41-33(7)24-31(5)39(35(41)9)26-45(12,13)21-17-15-2/h29-41H,14-28H2,1-13H3. The van der Waals surface area contributed by atoms with Gasteiger partial charge >= 0.3 is 11.9 Å². The van der Waals surface area contributed by atoms with Crippen LogP contribution in [0.25, 0.3) is 0 Å². The van der Waals surface area contributed by atoms with Crippen LogP contribution >= 0.6 is 0 Å². The zero-order valence-electron chi connectivity index (χ0n) is 34.7. The van der Waals surface area contributed by atoms with E-state index in [1.807, 2.05) is 0 Å². The van der Waals surface area contributed by atoms with Gasteiger partial charge in [0.2, 0.25) is 0 Å². The SMILES string of the molecule is CCCCC(C)(C)CC1C(C)CC(C)C(COC(=O)C2CCC(C)CC2C(=O)OCC2C(C)CC(C)C(CC(C)(C)CCCC)C2C)C1C. The van der Waals surface area contributed by atoms with Gasteiger partial charge in [-0.25, -0.2) is 0 Å². The molecule has 0 spiro atoms. The summed E-state index contributed by atoms with van der Waals surface area (Å²) >= 11 is 0. The summed E-state index contributed by atoms with van der Waals surface area (Å²) < 4.78 is 12.5. The molecule has 0 aromatic carbocycles. The van der Waals surface area contributed by atoms with Gasteiger partial charge in [0.1, 0.15) is 0 Å². The van der Waals surface area contributed by atoms with E-state index in [2.05, 4.69) is 90.0 Å². The Bertz CT molecular complexity index is 1020. The molecule has 0 bridgehead atoms. The number of rotatable bonds is 16. The van der Waals surface area contributed by atoms with Crippen molar-refractivity contribution < 1.29 is 19.1 Å². The van der Waals surface area contributed by atoms with E-state index >= 15 is 0 Å². The summed E-state index contributed by atoms with van der Waals surface area (Å²) in [6.07, 6.45) is 14.9. The maximum Gasteiger partial charge on any atom is 0.309 e. The van der Waals surface area contributed by atoms with Crippen LogP contribution < -0.4 is 0 Å². The number of unbranched alkanes of at least 4 members (excludes halogenated alkanes) is 2. The van der Waals surface area contributed by atoms with Gasteiger partial charge in [-0.05, 0) is 134 Å². The molecule has 0 heterocycles. The van der Waals surface area contributed by atoms with E-state index in [1.54, 1.807) is 0 Å². The summed E-state index contributed by atoms with van der Waals surface area (Å²) in [5.41, 5.74) is 0.684. The quantitative estimate of drug-likeness (QED) is 0.152. The van der Waals surface area contributed by atoms with Crippen molar-refractivity contribution in [3.63, 3.8) is 0 Å². The lowest BCUT2D eigenvalue weighted by Crippen LogP contribution is -2.43. The Morgan fingerprint density at radius 1 is 0.551 bits per heavy atom. The van der Waals surface area contributed by atoms with Crippen LogP contribution in [0.4, 0.5) is 0 Å². The predicted octanol–water partition coefficient (Wildman–Crippen LogP) is 12.4. The summed E-state index contributed by atoms with van der Waals surface area (Å²) in [6.45, 7) is 32.0. The smallest absolute Gasteiger partial charge is 0.309 e. The molecule has 0 aromatic rings. The van der Waals surface area contributed by atoms with Crippen molar-refractivity contribution in [3.8, 4) is 0 Å². The number of ether oxygens (including phenoxy) is 2. The first-order valence-electron chi connectivity index (χ1n) is 21.2. The molecule has 13 unspecified atom stereocenters. The summed E-state index contributed by atoms with van der Waals surface area (Å²) in [6, 6.07) is 0. The third kappa shape index (κ3) is 11.7. The molecule has 0 radical (unpaired) electrons. The Hall–Kier alpha value is -1.06. The number of hydrogen-bond donors (Lipinski definition) is 0. The number of carbonyl (C=O) groups is 2. The maximum absolute atomic E-state index is 13.9. The van der Waals surface area contributed by atoms with Crippen LogP contribution in [0.15, 0.2) is 0 Å². The fourth-order valence-electron chi connectivity index (χ4n) is 11.3. The van der Waals surface area contributed by atoms with Crippen LogP contribution in [-0.2, 0) is 19.1 Å². The van der Waals surface area contributed by atoms with Crippen LogP contribution in [-0.4, -0.2) is 25.2 Å². The molecular weight excluding hydrogens is 604 g/mol. The summed E-state index contributed by atoms with van der Waals surface area (Å²) in [5.74, 6) is 4.86. The maximum atomic E-state index is 13.9. The third-order valence-corrected chi connectivity index (χ3v) is 14.7. The van der Waals surface area contributed by atoms with E-state index in [1.165, 1.54) is 64.2 Å². The van der Waals surface area contributed by atoms with Gasteiger partial charge in [0.25, 0.3) is 0 Å². The van der Waals surface area contributed by atoms with Crippen molar-refractivity contribution in [2.45, 2.75) is 173 Å². The van der Waals surface area contributed by atoms with Gasteiger partial charge in [-0.15, -0.1) is 0 Å². The van der Waals surface area contributed by atoms with E-state index in [4.69, 9.17) is 9.47 Å². The third-order valence-electron chi connectivity index (χ3n) is 14.7. The number of carbonyl (C=O) groups excluding carboxylic acids is 2. The van der Waals surface area contributed by atoms with E-state index < -0.39 is 0 Å². The Morgan fingerprint density at radius 3 is 1.35 bits per heavy atom. The van der Waals surface area contributed by atoms with Gasteiger partial charge in [-0.2, -0.15) is 0 Å². The normalized spacial score (nSPS) is 37.4. The second-order valence-electron chi connectivity index (χ2n) is 20.1. The van der Waals surface area contributed by atoms with Gasteiger partial charge < -0.3 is 9.47 Å². The monoisotopic (exact) mass is 687 g/mol. The minimum atomic E-state index is -0.388. The first-order chi connectivity index (χ1) is 22.9. The molecular formula is C45H82O4. The number of hydrogen-bond acceptors (Lipinski definition) is 4. The van der Waals surface area contributed by atoms with Crippen LogP contribution in [0, 0.1) is 87.8 Å². The van der Waals surface area contributed by atoms with Crippen molar-refractivity contribution >= 4 is 11.9 Å². The Morgan fingerprint density at radius 2 is 0.939 bits per heavy atom. The predicted molar refractivity (Wildman–Crippen MR) is 206 cm³/mol. The molecule has 0 aliphatic heterocycles. The first-order valence-corrected chi connectivity index (χ1v) is 21.2. The lowest BCUT2D eigenvalue weighted by Gasteiger charge is -2.47. The van der Waals surface area contributed by atoms with E-state index in [-0.39, 0.29) is 23.8 Å². The zero-order valence-corrected chi connectivity index (χ0v) is 34.7. The molecule has 13 atom stereocenters. The van der Waals surface area contributed by atoms with E-state index in [9.17, 15) is 9.59 Å². The number of esters is 2. The van der Waals surface area contributed by atoms with Gasteiger partial charge in [0, 0.05) is 0 Å². The first kappa shape index (κ1) is 42.4. The van der Waals surface area contributed by atoms with Gasteiger partial charge in [0.15, 0.2) is 0 Å². The highest BCUT2D eigenvalue weighted by molar-refractivity contribution is 5.82. The summed E-state index contributed by atoms with van der Waals surface area (Å²) in [7, 11) is 0. The molecule has 4 nitrogen and oxygen atoms in total. The Labute approximate surface area is 304 Å². The molecule has 3 fully saturated rings. The van der Waals surface area contributed by atoms with Crippen LogP contribution in [0.3, 0.4) is 0 Å². The van der Waals surface area contributed by atoms with Gasteiger partial charge in [-0.1, -0.05) is 116 Å². The molecule has 4 heteroatoms. The lowest BCUT2D eigenvalue weighted by molar-refractivity contribution is -0.168. The molecule has 49 heavy (non-hydrogen) atoms. The minimum absolute atomic E-state index is 0.158. The van der Waals surface area contributed by atoms with Crippen molar-refractivity contribution in [2.24, 2.45) is 87.8 Å². The Kier molecular flexibility index (Phi) is 16.1. The second-order valence-corrected chi connectivity index (χ2v) is 20.1. The lowest BCUT2D eigenvalue weighted by atomic mass is 9.59. The fourth-order valence-corrected chi connectivity index (χ4v) is 11.3. The molecule has 3 aliphatic rings. The van der Waals surface area contributed by atoms with Crippen LogP contribution in [0.1, 0.15) is 173 Å².